The molecule has 0 amide bonds. The van der Waals surface area contributed by atoms with Crippen LogP contribution in [0.15, 0.2) is 18.2 Å². The van der Waals surface area contributed by atoms with E-state index in [1.54, 1.807) is 0 Å². The maximum atomic E-state index is 8.66. The van der Waals surface area contributed by atoms with Crippen molar-refractivity contribution in [1.82, 2.24) is 0 Å². The predicted molar refractivity (Wildman–Crippen MR) is 60.9 cm³/mol. The molecule has 0 spiro atoms. The highest BCUT2D eigenvalue weighted by molar-refractivity contribution is 5.33. The molecule has 0 heterocycles. The van der Waals surface area contributed by atoms with Crippen molar-refractivity contribution in [2.24, 2.45) is 0 Å². The maximum absolute atomic E-state index is 8.66. The van der Waals surface area contributed by atoms with E-state index in [1.807, 2.05) is 39.8 Å². The highest BCUT2D eigenvalue weighted by atomic mass is 16.5. The third kappa shape index (κ3) is 3.63. The zero-order valence-corrected chi connectivity index (χ0v) is 9.79. The van der Waals surface area contributed by atoms with E-state index in [0.717, 1.165) is 5.75 Å². The lowest BCUT2D eigenvalue weighted by atomic mass is 10.1. The first-order valence-corrected chi connectivity index (χ1v) is 5.07. The molecule has 0 saturated heterocycles. The van der Waals surface area contributed by atoms with Gasteiger partial charge in [0.2, 0.25) is 0 Å². The molecule has 0 fully saturated rings. The quantitative estimate of drug-likeness (QED) is 0.754. The molecule has 0 saturated carbocycles. The number of aryl methyl sites for hydroxylation is 2. The molecule has 0 aromatic heterocycles. The monoisotopic (exact) mass is 203 g/mol. The van der Waals surface area contributed by atoms with Gasteiger partial charge in [0.05, 0.1) is 12.5 Å². The minimum Gasteiger partial charge on any atom is -0.487 e. The normalized spacial score (nSPS) is 10.9. The van der Waals surface area contributed by atoms with Crippen molar-refractivity contribution in [3.05, 3.63) is 29.3 Å². The summed E-state index contributed by atoms with van der Waals surface area (Å²) in [5, 5.41) is 8.66. The van der Waals surface area contributed by atoms with E-state index in [9.17, 15) is 0 Å². The molecule has 0 bridgehead atoms. The van der Waals surface area contributed by atoms with E-state index in [2.05, 4.69) is 12.1 Å². The van der Waals surface area contributed by atoms with E-state index in [1.165, 1.54) is 11.1 Å². The Balaban J connectivity index is 2.85. The van der Waals surface area contributed by atoms with Crippen molar-refractivity contribution in [2.45, 2.75) is 39.7 Å². The summed E-state index contributed by atoms with van der Waals surface area (Å²) in [7, 11) is 0. The summed E-state index contributed by atoms with van der Waals surface area (Å²) in [6.07, 6.45) is 0.389. The Kier molecular flexibility index (Phi) is 3.36. The van der Waals surface area contributed by atoms with Crippen LogP contribution in [-0.2, 0) is 0 Å². The van der Waals surface area contributed by atoms with Crippen molar-refractivity contribution in [3.8, 4) is 11.8 Å². The number of hydrogen-bond donors (Lipinski definition) is 0. The largest absolute Gasteiger partial charge is 0.487 e. The van der Waals surface area contributed by atoms with Crippen molar-refractivity contribution in [3.63, 3.8) is 0 Å². The van der Waals surface area contributed by atoms with Gasteiger partial charge < -0.3 is 4.74 Å². The molecule has 0 aliphatic heterocycles. The van der Waals surface area contributed by atoms with Gasteiger partial charge in [-0.3, -0.25) is 0 Å². The molecule has 1 aromatic carbocycles. The Morgan fingerprint density at radius 2 is 1.73 bits per heavy atom. The third-order valence-corrected chi connectivity index (χ3v) is 2.09. The highest BCUT2D eigenvalue weighted by Gasteiger charge is 2.19. The number of nitrogens with zero attached hydrogens (tertiary/aromatic N) is 1. The summed E-state index contributed by atoms with van der Waals surface area (Å²) in [6.45, 7) is 7.93. The second kappa shape index (κ2) is 4.35. The van der Waals surface area contributed by atoms with Gasteiger partial charge in [0.1, 0.15) is 11.4 Å². The van der Waals surface area contributed by atoms with Crippen molar-refractivity contribution < 1.29 is 4.74 Å². The van der Waals surface area contributed by atoms with Gasteiger partial charge >= 0.3 is 0 Å². The van der Waals surface area contributed by atoms with Gasteiger partial charge in [0.15, 0.2) is 0 Å². The molecule has 0 aliphatic rings. The van der Waals surface area contributed by atoms with Gasteiger partial charge in [-0.15, -0.1) is 0 Å². The fourth-order valence-electron chi connectivity index (χ4n) is 1.54. The molecule has 1 aromatic rings. The first-order chi connectivity index (χ1) is 6.93. The van der Waals surface area contributed by atoms with Gasteiger partial charge in [-0.2, -0.15) is 5.26 Å². The molecular formula is C13H17NO. The van der Waals surface area contributed by atoms with Crippen LogP contribution in [0.5, 0.6) is 5.75 Å². The van der Waals surface area contributed by atoms with Crippen molar-refractivity contribution in [2.75, 3.05) is 0 Å². The van der Waals surface area contributed by atoms with E-state index in [-0.39, 0.29) is 0 Å². The number of ether oxygens (including phenoxy) is 1. The summed E-state index contributed by atoms with van der Waals surface area (Å²) >= 11 is 0. The standard InChI is InChI=1S/C13H17NO/c1-10-7-11(2)9-12(8-10)15-13(3,4)5-6-14/h7-9H,5H2,1-4H3. The maximum Gasteiger partial charge on any atom is 0.120 e. The van der Waals surface area contributed by atoms with Gasteiger partial charge in [-0.25, -0.2) is 0 Å². The van der Waals surface area contributed by atoms with E-state index >= 15 is 0 Å². The van der Waals surface area contributed by atoms with E-state index in [0.29, 0.717) is 6.42 Å². The Bertz CT molecular complexity index is 368. The lowest BCUT2D eigenvalue weighted by molar-refractivity contribution is 0.115. The molecular weight excluding hydrogens is 186 g/mol. The second-order valence-corrected chi connectivity index (χ2v) is 4.52. The fraction of sp³-hybridized carbons (Fsp3) is 0.462. The topological polar surface area (TPSA) is 33.0 Å². The number of hydrogen-bond acceptors (Lipinski definition) is 2. The average Bonchev–Trinajstić information content (AvgIpc) is 1.99. The number of nitriles is 1. The molecule has 0 aliphatic carbocycles. The average molecular weight is 203 g/mol. The highest BCUT2D eigenvalue weighted by Crippen LogP contribution is 2.23. The van der Waals surface area contributed by atoms with E-state index in [4.69, 9.17) is 10.00 Å². The lowest BCUT2D eigenvalue weighted by Gasteiger charge is -2.24. The fourth-order valence-corrected chi connectivity index (χ4v) is 1.54. The number of benzene rings is 1. The molecule has 1 rings (SSSR count). The SMILES string of the molecule is Cc1cc(C)cc(OC(C)(C)CC#N)c1. The van der Waals surface area contributed by atoms with Crippen LogP contribution >= 0.6 is 0 Å². The molecule has 2 nitrogen and oxygen atoms in total. The Labute approximate surface area is 91.5 Å². The molecule has 0 radical (unpaired) electrons. The van der Waals surface area contributed by atoms with Crippen LogP contribution in [-0.4, -0.2) is 5.60 Å². The van der Waals surface area contributed by atoms with Crippen LogP contribution in [0.2, 0.25) is 0 Å². The summed E-state index contributed by atoms with van der Waals surface area (Å²) < 4.78 is 5.78. The van der Waals surface area contributed by atoms with Crippen LogP contribution in [0.1, 0.15) is 31.4 Å². The minimum atomic E-state index is -0.422. The van der Waals surface area contributed by atoms with Gasteiger partial charge in [0, 0.05) is 0 Å². The Morgan fingerprint density at radius 1 is 1.20 bits per heavy atom. The van der Waals surface area contributed by atoms with Crippen LogP contribution in [0.4, 0.5) is 0 Å². The van der Waals surface area contributed by atoms with Crippen LogP contribution in [0, 0.1) is 25.2 Å². The summed E-state index contributed by atoms with van der Waals surface area (Å²) in [4.78, 5) is 0. The molecule has 80 valence electrons. The summed E-state index contributed by atoms with van der Waals surface area (Å²) in [5.41, 5.74) is 1.94. The molecule has 15 heavy (non-hydrogen) atoms. The Hall–Kier alpha value is -1.49. The summed E-state index contributed by atoms with van der Waals surface area (Å²) in [6, 6.07) is 8.22. The first kappa shape index (κ1) is 11.6. The smallest absolute Gasteiger partial charge is 0.120 e. The van der Waals surface area contributed by atoms with Crippen LogP contribution in [0.25, 0.3) is 0 Å². The third-order valence-electron chi connectivity index (χ3n) is 2.09. The van der Waals surface area contributed by atoms with Gasteiger partial charge in [0.25, 0.3) is 0 Å². The molecule has 0 N–H and O–H groups in total. The predicted octanol–water partition coefficient (Wildman–Crippen LogP) is 3.37. The van der Waals surface area contributed by atoms with Crippen molar-refractivity contribution in [1.29, 1.82) is 5.26 Å². The zero-order valence-electron chi connectivity index (χ0n) is 9.79. The zero-order chi connectivity index (χ0) is 11.5. The minimum absolute atomic E-state index is 0.389. The Morgan fingerprint density at radius 3 is 2.20 bits per heavy atom. The van der Waals surface area contributed by atoms with Gasteiger partial charge in [-0.05, 0) is 51.0 Å². The molecule has 2 heteroatoms. The van der Waals surface area contributed by atoms with E-state index < -0.39 is 5.60 Å². The van der Waals surface area contributed by atoms with Crippen LogP contribution < -0.4 is 4.74 Å². The second-order valence-electron chi connectivity index (χ2n) is 4.52. The number of rotatable bonds is 3. The van der Waals surface area contributed by atoms with Crippen LogP contribution in [0.3, 0.4) is 0 Å². The lowest BCUT2D eigenvalue weighted by Crippen LogP contribution is -2.27. The van der Waals surface area contributed by atoms with Gasteiger partial charge in [-0.1, -0.05) is 6.07 Å². The molecule has 0 atom stereocenters. The first-order valence-electron chi connectivity index (χ1n) is 5.07. The molecule has 0 unspecified atom stereocenters. The van der Waals surface area contributed by atoms with Crippen molar-refractivity contribution >= 4 is 0 Å². The summed E-state index contributed by atoms with van der Waals surface area (Å²) in [5.74, 6) is 0.841.